The normalized spacial score (nSPS) is 16.8. The van der Waals surface area contributed by atoms with E-state index in [4.69, 9.17) is 28.9 Å². The first-order valence-electron chi connectivity index (χ1n) is 7.65. The Morgan fingerprint density at radius 1 is 1.29 bits per heavy atom. The highest BCUT2D eigenvalue weighted by atomic mass is 35.5. The fourth-order valence-corrected chi connectivity index (χ4v) is 3.21. The third-order valence-corrected chi connectivity index (χ3v) is 5.10. The van der Waals surface area contributed by atoms with Crippen molar-refractivity contribution in [3.63, 3.8) is 0 Å². The Morgan fingerprint density at radius 3 is 2.50 bits per heavy atom. The van der Waals surface area contributed by atoms with Gasteiger partial charge in [0.25, 0.3) is 5.91 Å². The minimum atomic E-state index is -0.693. The topological polar surface area (TPSA) is 84.2 Å². The molecule has 1 unspecified atom stereocenters. The molecule has 1 fully saturated rings. The molecule has 134 valence electrons. The standard InChI is InChI=1S/C16H21Cl2N3O2.ClH/c1-10(14(22)21-16(9-19)7-2-3-8-16)20-15(23)11-5-4-6-12(17)13(11)18;/h4-6,10H,2-3,7-9,19H2,1H3,(H,20,23)(H,21,22);1H. The van der Waals surface area contributed by atoms with Gasteiger partial charge in [-0.25, -0.2) is 0 Å². The van der Waals surface area contributed by atoms with Crippen molar-refractivity contribution in [2.24, 2.45) is 5.73 Å². The van der Waals surface area contributed by atoms with E-state index in [2.05, 4.69) is 10.6 Å². The largest absolute Gasteiger partial charge is 0.348 e. The van der Waals surface area contributed by atoms with Crippen molar-refractivity contribution in [1.82, 2.24) is 10.6 Å². The van der Waals surface area contributed by atoms with E-state index in [1.54, 1.807) is 25.1 Å². The van der Waals surface area contributed by atoms with Gasteiger partial charge in [0.2, 0.25) is 5.91 Å². The second-order valence-electron chi connectivity index (χ2n) is 5.98. The van der Waals surface area contributed by atoms with Crippen molar-refractivity contribution in [3.8, 4) is 0 Å². The summed E-state index contributed by atoms with van der Waals surface area (Å²) in [7, 11) is 0. The Bertz CT molecular complexity index is 604. The molecule has 0 heterocycles. The third kappa shape index (κ3) is 4.76. The minimum Gasteiger partial charge on any atom is -0.348 e. The van der Waals surface area contributed by atoms with E-state index in [-0.39, 0.29) is 34.4 Å². The Labute approximate surface area is 158 Å². The maximum absolute atomic E-state index is 12.3. The molecule has 0 radical (unpaired) electrons. The molecule has 2 amide bonds. The summed E-state index contributed by atoms with van der Waals surface area (Å²) in [4.78, 5) is 24.6. The van der Waals surface area contributed by atoms with Gasteiger partial charge >= 0.3 is 0 Å². The van der Waals surface area contributed by atoms with Crippen LogP contribution in [0.1, 0.15) is 43.0 Å². The van der Waals surface area contributed by atoms with Crippen LogP contribution in [0.3, 0.4) is 0 Å². The Hall–Kier alpha value is -1.01. The van der Waals surface area contributed by atoms with Crippen LogP contribution in [0.25, 0.3) is 0 Å². The van der Waals surface area contributed by atoms with Gasteiger partial charge in [-0.15, -0.1) is 12.4 Å². The highest BCUT2D eigenvalue weighted by Crippen LogP contribution is 2.29. The van der Waals surface area contributed by atoms with Gasteiger partial charge < -0.3 is 16.4 Å². The van der Waals surface area contributed by atoms with Crippen molar-refractivity contribution < 1.29 is 9.59 Å². The molecule has 0 bridgehead atoms. The molecule has 24 heavy (non-hydrogen) atoms. The number of benzene rings is 1. The number of hydrogen-bond donors (Lipinski definition) is 3. The molecule has 1 aliphatic carbocycles. The summed E-state index contributed by atoms with van der Waals surface area (Å²) in [6, 6.07) is 4.10. The smallest absolute Gasteiger partial charge is 0.253 e. The predicted molar refractivity (Wildman–Crippen MR) is 99.0 cm³/mol. The van der Waals surface area contributed by atoms with Gasteiger partial charge in [-0.2, -0.15) is 0 Å². The molecule has 1 aromatic carbocycles. The highest BCUT2D eigenvalue weighted by molar-refractivity contribution is 6.43. The van der Waals surface area contributed by atoms with E-state index in [0.29, 0.717) is 11.6 Å². The number of amides is 2. The summed E-state index contributed by atoms with van der Waals surface area (Å²) in [6.45, 7) is 2.03. The van der Waals surface area contributed by atoms with E-state index in [1.807, 2.05) is 0 Å². The number of halogens is 3. The first-order valence-corrected chi connectivity index (χ1v) is 8.41. The van der Waals surface area contributed by atoms with Crippen LogP contribution >= 0.6 is 35.6 Å². The molecule has 0 aliphatic heterocycles. The molecule has 4 N–H and O–H groups in total. The minimum absolute atomic E-state index is 0. The molecule has 2 rings (SSSR count). The Morgan fingerprint density at radius 2 is 1.92 bits per heavy atom. The van der Waals surface area contributed by atoms with Crippen LogP contribution < -0.4 is 16.4 Å². The molecular weight excluding hydrogens is 373 g/mol. The van der Waals surface area contributed by atoms with E-state index in [0.717, 1.165) is 25.7 Å². The van der Waals surface area contributed by atoms with Crippen LogP contribution in [0.15, 0.2) is 18.2 Å². The molecule has 0 aromatic heterocycles. The maximum atomic E-state index is 12.3. The Balaban J connectivity index is 0.00000288. The molecule has 1 aromatic rings. The fourth-order valence-electron chi connectivity index (χ4n) is 2.82. The summed E-state index contributed by atoms with van der Waals surface area (Å²) in [5.74, 6) is -0.683. The van der Waals surface area contributed by atoms with Gasteiger partial charge in [0.1, 0.15) is 6.04 Å². The zero-order valence-corrected chi connectivity index (χ0v) is 15.7. The monoisotopic (exact) mass is 393 g/mol. The predicted octanol–water partition coefficient (Wildman–Crippen LogP) is 2.92. The van der Waals surface area contributed by atoms with E-state index in [1.165, 1.54) is 0 Å². The van der Waals surface area contributed by atoms with Gasteiger partial charge in [-0.1, -0.05) is 42.1 Å². The highest BCUT2D eigenvalue weighted by Gasteiger charge is 2.35. The van der Waals surface area contributed by atoms with Crippen molar-refractivity contribution >= 4 is 47.4 Å². The lowest BCUT2D eigenvalue weighted by molar-refractivity contribution is -0.124. The summed E-state index contributed by atoms with van der Waals surface area (Å²) in [6.07, 6.45) is 3.85. The van der Waals surface area contributed by atoms with Crippen molar-refractivity contribution in [2.75, 3.05) is 6.54 Å². The molecule has 5 nitrogen and oxygen atoms in total. The van der Waals surface area contributed by atoms with Crippen molar-refractivity contribution in [2.45, 2.75) is 44.2 Å². The third-order valence-electron chi connectivity index (χ3n) is 4.28. The van der Waals surface area contributed by atoms with Gasteiger partial charge in [0.15, 0.2) is 0 Å². The lowest BCUT2D eigenvalue weighted by atomic mass is 9.97. The van der Waals surface area contributed by atoms with Crippen LogP contribution in [0.2, 0.25) is 10.0 Å². The first-order chi connectivity index (χ1) is 10.9. The lowest BCUT2D eigenvalue weighted by Crippen LogP contribution is -2.56. The summed E-state index contributed by atoms with van der Waals surface area (Å²) in [5.41, 5.74) is 5.71. The second kappa shape index (κ2) is 8.90. The zero-order valence-electron chi connectivity index (χ0n) is 13.4. The number of rotatable bonds is 5. The average Bonchev–Trinajstić information content (AvgIpc) is 2.98. The van der Waals surface area contributed by atoms with Crippen LogP contribution in [-0.2, 0) is 4.79 Å². The molecule has 8 heteroatoms. The van der Waals surface area contributed by atoms with Crippen LogP contribution in [0.5, 0.6) is 0 Å². The van der Waals surface area contributed by atoms with E-state index < -0.39 is 11.9 Å². The zero-order chi connectivity index (χ0) is 17.0. The van der Waals surface area contributed by atoms with Crippen molar-refractivity contribution in [1.29, 1.82) is 0 Å². The fraction of sp³-hybridized carbons (Fsp3) is 0.500. The average molecular weight is 395 g/mol. The van der Waals surface area contributed by atoms with E-state index >= 15 is 0 Å². The summed E-state index contributed by atoms with van der Waals surface area (Å²) in [5, 5.41) is 6.10. The van der Waals surface area contributed by atoms with Crippen molar-refractivity contribution in [3.05, 3.63) is 33.8 Å². The first kappa shape index (κ1) is 21.0. The molecule has 1 saturated carbocycles. The quantitative estimate of drug-likeness (QED) is 0.718. The molecular formula is C16H22Cl3N3O2. The maximum Gasteiger partial charge on any atom is 0.253 e. The number of nitrogens with one attached hydrogen (secondary N) is 2. The van der Waals surface area contributed by atoms with E-state index in [9.17, 15) is 9.59 Å². The molecule has 1 aliphatic rings. The SMILES string of the molecule is CC(NC(=O)c1cccc(Cl)c1Cl)C(=O)NC1(CN)CCCC1.Cl. The Kier molecular flexibility index (Phi) is 7.80. The summed E-state index contributed by atoms with van der Waals surface area (Å²) >= 11 is 11.9. The molecule has 1 atom stereocenters. The lowest BCUT2D eigenvalue weighted by Gasteiger charge is -2.30. The number of carbonyl (C=O) groups excluding carboxylic acids is 2. The van der Waals surface area contributed by atoms with Gasteiger partial charge in [0.05, 0.1) is 21.1 Å². The summed E-state index contributed by atoms with van der Waals surface area (Å²) < 4.78 is 0. The molecule has 0 spiro atoms. The van der Waals surface area contributed by atoms with Crippen LogP contribution in [0, 0.1) is 0 Å². The molecule has 0 saturated heterocycles. The van der Waals surface area contributed by atoms with Crippen LogP contribution in [-0.4, -0.2) is 29.9 Å². The number of carbonyl (C=O) groups is 2. The van der Waals surface area contributed by atoms with Gasteiger partial charge in [-0.05, 0) is 31.9 Å². The number of nitrogens with two attached hydrogens (primary N) is 1. The van der Waals surface area contributed by atoms with Gasteiger partial charge in [-0.3, -0.25) is 9.59 Å². The van der Waals surface area contributed by atoms with Gasteiger partial charge in [0, 0.05) is 6.54 Å². The number of hydrogen-bond acceptors (Lipinski definition) is 3. The van der Waals surface area contributed by atoms with Crippen LogP contribution in [0.4, 0.5) is 0 Å². The second-order valence-corrected chi connectivity index (χ2v) is 6.76.